The molecule has 0 saturated carbocycles. The fourth-order valence-electron chi connectivity index (χ4n) is 3.06. The van der Waals surface area contributed by atoms with Gasteiger partial charge in [-0.2, -0.15) is 0 Å². The number of carbonyl (C=O) groups excluding carboxylic acids is 1. The van der Waals surface area contributed by atoms with Crippen LogP contribution in [0.15, 0.2) is 59.8 Å². The highest BCUT2D eigenvalue weighted by Gasteiger charge is 2.21. The smallest absolute Gasteiger partial charge is 0.233 e. The number of rotatable bonds is 8. The lowest BCUT2D eigenvalue weighted by atomic mass is 9.96. The molecular weight excluding hydrogens is 382 g/mol. The zero-order valence-corrected chi connectivity index (χ0v) is 17.8. The third-order valence-electron chi connectivity index (χ3n) is 4.91. The van der Waals surface area contributed by atoms with Gasteiger partial charge in [0.25, 0.3) is 0 Å². The number of amides is 1. The van der Waals surface area contributed by atoms with Gasteiger partial charge >= 0.3 is 0 Å². The minimum Gasteiger partial charge on any atom is -0.355 e. The van der Waals surface area contributed by atoms with E-state index in [1.807, 2.05) is 56.3 Å². The predicted molar refractivity (Wildman–Crippen MR) is 118 cm³/mol. The maximum Gasteiger partial charge on any atom is 0.233 e. The van der Waals surface area contributed by atoms with Crippen LogP contribution >= 0.6 is 11.8 Å². The molecule has 6 nitrogen and oxygen atoms in total. The summed E-state index contributed by atoms with van der Waals surface area (Å²) in [5, 5.41) is 11.6. The first kappa shape index (κ1) is 20.9. The summed E-state index contributed by atoms with van der Waals surface area (Å²) >= 11 is 1.30. The van der Waals surface area contributed by atoms with Crippen LogP contribution in [-0.2, 0) is 4.79 Å². The molecule has 7 heteroatoms. The van der Waals surface area contributed by atoms with E-state index in [2.05, 4.69) is 34.6 Å². The van der Waals surface area contributed by atoms with Gasteiger partial charge in [0.2, 0.25) is 11.1 Å². The van der Waals surface area contributed by atoms with Gasteiger partial charge in [0.05, 0.1) is 5.25 Å². The van der Waals surface area contributed by atoms with Crippen molar-refractivity contribution in [1.82, 2.24) is 20.2 Å². The monoisotopic (exact) mass is 409 g/mol. The Hall–Kier alpha value is -2.80. The fourth-order valence-corrected chi connectivity index (χ4v) is 3.85. The summed E-state index contributed by atoms with van der Waals surface area (Å²) < 4.78 is 1.44. The van der Waals surface area contributed by atoms with Crippen LogP contribution in [0.25, 0.3) is 11.4 Å². The zero-order chi connectivity index (χ0) is 20.8. The van der Waals surface area contributed by atoms with Crippen molar-refractivity contribution < 1.29 is 4.79 Å². The van der Waals surface area contributed by atoms with Gasteiger partial charge in [-0.3, -0.25) is 4.79 Å². The van der Waals surface area contributed by atoms with E-state index >= 15 is 0 Å². The number of benzene rings is 2. The number of hydrogen-bond acceptors (Lipinski definition) is 5. The molecule has 3 rings (SSSR count). The Bertz CT molecular complexity index is 940. The van der Waals surface area contributed by atoms with E-state index in [4.69, 9.17) is 5.84 Å². The van der Waals surface area contributed by atoms with Crippen LogP contribution in [-0.4, -0.2) is 32.6 Å². The second-order valence-corrected chi connectivity index (χ2v) is 8.37. The molecule has 0 radical (unpaired) electrons. The number of carbonyl (C=O) groups is 1. The van der Waals surface area contributed by atoms with Crippen molar-refractivity contribution in [2.75, 3.05) is 12.4 Å². The third-order valence-corrected chi connectivity index (χ3v) is 5.97. The molecule has 0 fully saturated rings. The number of aryl methyl sites for hydroxylation is 1. The Kier molecular flexibility index (Phi) is 6.93. The lowest BCUT2D eigenvalue weighted by Crippen LogP contribution is -2.34. The molecule has 0 saturated heterocycles. The number of hydrogen-bond donors (Lipinski definition) is 2. The first-order valence-electron chi connectivity index (χ1n) is 9.76. The molecule has 1 amide bonds. The van der Waals surface area contributed by atoms with Crippen molar-refractivity contribution in [1.29, 1.82) is 0 Å². The lowest BCUT2D eigenvalue weighted by Gasteiger charge is -2.18. The molecule has 2 atom stereocenters. The Morgan fingerprint density at radius 3 is 2.48 bits per heavy atom. The summed E-state index contributed by atoms with van der Waals surface area (Å²) in [5.41, 5.74) is 3.29. The molecule has 3 N–H and O–H groups in total. The van der Waals surface area contributed by atoms with Gasteiger partial charge in [-0.05, 0) is 25.8 Å². The second-order valence-electron chi connectivity index (χ2n) is 7.06. The van der Waals surface area contributed by atoms with E-state index in [-0.39, 0.29) is 11.2 Å². The summed E-state index contributed by atoms with van der Waals surface area (Å²) in [6.07, 6.45) is 0.961. The number of aromatic nitrogens is 3. The van der Waals surface area contributed by atoms with Crippen LogP contribution < -0.4 is 11.2 Å². The average Bonchev–Trinajstić information content (AvgIpc) is 3.10. The number of nitrogens with one attached hydrogen (secondary N) is 1. The highest BCUT2D eigenvalue weighted by Crippen LogP contribution is 2.25. The maximum atomic E-state index is 12.6. The van der Waals surface area contributed by atoms with E-state index in [1.165, 1.54) is 22.0 Å². The molecular formula is C22H27N5OS. The van der Waals surface area contributed by atoms with Crippen LogP contribution in [0.5, 0.6) is 0 Å². The van der Waals surface area contributed by atoms with Gasteiger partial charge in [0.1, 0.15) is 0 Å². The molecule has 152 valence electrons. The minimum absolute atomic E-state index is 0.0377. The van der Waals surface area contributed by atoms with E-state index < -0.39 is 0 Å². The molecule has 2 aromatic carbocycles. The summed E-state index contributed by atoms with van der Waals surface area (Å²) in [6.45, 7) is 6.61. The van der Waals surface area contributed by atoms with Crippen LogP contribution in [0.1, 0.15) is 37.3 Å². The molecule has 0 aliphatic carbocycles. The van der Waals surface area contributed by atoms with Gasteiger partial charge in [0, 0.05) is 18.0 Å². The van der Waals surface area contributed by atoms with Crippen LogP contribution in [0.4, 0.5) is 0 Å². The first-order valence-corrected chi connectivity index (χ1v) is 10.6. The normalized spacial score (nSPS) is 13.1. The van der Waals surface area contributed by atoms with Crippen molar-refractivity contribution in [2.24, 2.45) is 0 Å². The largest absolute Gasteiger partial charge is 0.355 e. The number of nitrogen functional groups attached to an aromatic ring is 1. The van der Waals surface area contributed by atoms with Crippen molar-refractivity contribution >= 4 is 17.7 Å². The van der Waals surface area contributed by atoms with Crippen LogP contribution in [0, 0.1) is 6.92 Å². The number of thioether (sulfide) groups is 1. The first-order chi connectivity index (χ1) is 14.0. The second kappa shape index (κ2) is 9.60. The van der Waals surface area contributed by atoms with E-state index in [1.54, 1.807) is 0 Å². The van der Waals surface area contributed by atoms with E-state index in [0.717, 1.165) is 17.5 Å². The average molecular weight is 410 g/mol. The molecule has 1 aromatic heterocycles. The van der Waals surface area contributed by atoms with Gasteiger partial charge in [-0.15, -0.1) is 10.2 Å². The predicted octanol–water partition coefficient (Wildman–Crippen LogP) is 3.76. The highest BCUT2D eigenvalue weighted by atomic mass is 32.2. The van der Waals surface area contributed by atoms with E-state index in [0.29, 0.717) is 23.4 Å². The third kappa shape index (κ3) is 5.17. The Labute approximate surface area is 175 Å². The molecule has 0 aliphatic heterocycles. The van der Waals surface area contributed by atoms with Crippen LogP contribution in [0.3, 0.4) is 0 Å². The van der Waals surface area contributed by atoms with Gasteiger partial charge in [-0.25, -0.2) is 4.68 Å². The molecule has 0 aliphatic rings. The molecule has 0 spiro atoms. The Morgan fingerprint density at radius 2 is 1.83 bits per heavy atom. The Balaban J connectivity index is 1.60. The number of nitrogens with zero attached hydrogens (tertiary/aromatic N) is 3. The van der Waals surface area contributed by atoms with E-state index in [9.17, 15) is 4.79 Å². The van der Waals surface area contributed by atoms with Crippen molar-refractivity contribution in [3.05, 3.63) is 65.7 Å². The fraction of sp³-hybridized carbons (Fsp3) is 0.318. The maximum absolute atomic E-state index is 12.6. The van der Waals surface area contributed by atoms with Gasteiger partial charge in [0.15, 0.2) is 5.82 Å². The molecule has 3 aromatic rings. The molecule has 1 heterocycles. The zero-order valence-electron chi connectivity index (χ0n) is 17.0. The summed E-state index contributed by atoms with van der Waals surface area (Å²) in [6, 6.07) is 18.2. The summed E-state index contributed by atoms with van der Waals surface area (Å²) in [7, 11) is 0. The Morgan fingerprint density at radius 1 is 1.14 bits per heavy atom. The molecule has 29 heavy (non-hydrogen) atoms. The van der Waals surface area contributed by atoms with Gasteiger partial charge in [-0.1, -0.05) is 78.8 Å². The topological polar surface area (TPSA) is 85.8 Å². The highest BCUT2D eigenvalue weighted by molar-refractivity contribution is 8.00. The lowest BCUT2D eigenvalue weighted by molar-refractivity contribution is -0.120. The summed E-state index contributed by atoms with van der Waals surface area (Å²) in [4.78, 5) is 12.6. The minimum atomic E-state index is -0.333. The standard InChI is InChI=1S/C22H27N5OS/c1-4-17(18-8-6-5-7-9-18)14-24-21(28)16(3)29-22-26-25-20(27(22)23)19-12-10-15(2)11-13-19/h5-13,16-17H,4,14,23H2,1-3H3,(H,24,28)/t16-,17+/m0/s1. The quantitative estimate of drug-likeness (QED) is 0.437. The van der Waals surface area contributed by atoms with Crippen LogP contribution in [0.2, 0.25) is 0 Å². The van der Waals surface area contributed by atoms with Crippen molar-refractivity contribution in [3.8, 4) is 11.4 Å². The SMILES string of the molecule is CC[C@H](CNC(=O)[C@H](C)Sc1nnc(-c2ccc(C)cc2)n1N)c1ccccc1. The van der Waals surface area contributed by atoms with Crippen molar-refractivity contribution in [2.45, 2.75) is 43.5 Å². The molecule has 0 bridgehead atoms. The summed E-state index contributed by atoms with van der Waals surface area (Å²) in [5.74, 6) is 7.02. The van der Waals surface area contributed by atoms with Crippen molar-refractivity contribution in [3.63, 3.8) is 0 Å². The van der Waals surface area contributed by atoms with Gasteiger partial charge < -0.3 is 11.2 Å². The molecule has 0 unspecified atom stereocenters. The number of nitrogens with two attached hydrogens (primary N) is 1.